The maximum absolute atomic E-state index is 12.4. The summed E-state index contributed by atoms with van der Waals surface area (Å²) in [5, 5.41) is 4.16. The van der Waals surface area contributed by atoms with E-state index in [0.717, 1.165) is 12.8 Å². The van der Waals surface area contributed by atoms with Crippen molar-refractivity contribution >= 4 is 23.5 Å². The van der Waals surface area contributed by atoms with E-state index in [1.165, 1.54) is 32.8 Å². The lowest BCUT2D eigenvalue weighted by Gasteiger charge is -2.13. The van der Waals surface area contributed by atoms with Gasteiger partial charge in [-0.05, 0) is 30.7 Å². The molecule has 1 fully saturated rings. The van der Waals surface area contributed by atoms with Gasteiger partial charge in [0.2, 0.25) is 0 Å². The fourth-order valence-electron chi connectivity index (χ4n) is 2.86. The molecule has 2 rings (SSSR count). The molecule has 0 unspecified atom stereocenters. The van der Waals surface area contributed by atoms with E-state index in [1.807, 2.05) is 0 Å². The molecule has 0 aromatic heterocycles. The first-order chi connectivity index (χ1) is 14.1. The molecule has 0 saturated carbocycles. The van der Waals surface area contributed by atoms with Crippen LogP contribution < -0.4 is 4.74 Å². The van der Waals surface area contributed by atoms with E-state index in [0.29, 0.717) is 23.0 Å². The highest BCUT2D eigenvalue weighted by Crippen LogP contribution is 2.17. The van der Waals surface area contributed by atoms with E-state index in [-0.39, 0.29) is 18.6 Å². The van der Waals surface area contributed by atoms with Crippen LogP contribution in [0.3, 0.4) is 0 Å². The van der Waals surface area contributed by atoms with Gasteiger partial charge in [0.15, 0.2) is 5.71 Å². The standard InChI is InChI=1S/C21H28N2O6/c1-3-4-5-6-7-8-15-28-17-11-9-16(10-12-17)20(22-27-2)21(26)29-23-18(24)13-14-19(23)25/h9-12H,3-8,13-15H2,1-2H3/b22-20-. The SMILES string of the molecule is CCCCCCCCOc1ccc(/C(=N/OC)C(=O)ON2C(=O)CCC2=O)cc1. The van der Waals surface area contributed by atoms with Crippen molar-refractivity contribution in [1.82, 2.24) is 5.06 Å². The largest absolute Gasteiger partial charge is 0.494 e. The summed E-state index contributed by atoms with van der Waals surface area (Å²) < 4.78 is 5.72. The van der Waals surface area contributed by atoms with Crippen molar-refractivity contribution in [2.75, 3.05) is 13.7 Å². The van der Waals surface area contributed by atoms with Gasteiger partial charge in [-0.3, -0.25) is 9.59 Å². The van der Waals surface area contributed by atoms with Crippen LogP contribution in [-0.4, -0.2) is 42.3 Å². The number of imide groups is 1. The molecule has 0 spiro atoms. The summed E-state index contributed by atoms with van der Waals surface area (Å²) in [6.45, 7) is 2.83. The topological polar surface area (TPSA) is 94.5 Å². The highest BCUT2D eigenvalue weighted by molar-refractivity contribution is 6.43. The van der Waals surface area contributed by atoms with Gasteiger partial charge in [0.05, 0.1) is 6.61 Å². The molecule has 0 N–H and O–H groups in total. The van der Waals surface area contributed by atoms with Gasteiger partial charge in [-0.2, -0.15) is 0 Å². The molecule has 1 saturated heterocycles. The van der Waals surface area contributed by atoms with Crippen molar-refractivity contribution in [3.63, 3.8) is 0 Å². The minimum absolute atomic E-state index is 0.0213. The molecule has 2 amide bonds. The maximum atomic E-state index is 12.4. The molecule has 1 aliphatic rings. The zero-order valence-corrected chi connectivity index (χ0v) is 17.0. The number of carbonyl (C=O) groups is 3. The number of ether oxygens (including phenoxy) is 1. The molecule has 0 radical (unpaired) electrons. The number of unbranched alkanes of at least 4 members (excludes halogenated alkanes) is 5. The summed E-state index contributed by atoms with van der Waals surface area (Å²) in [5.41, 5.74) is 0.269. The zero-order chi connectivity index (χ0) is 21.1. The van der Waals surface area contributed by atoms with Crippen LogP contribution in [0.15, 0.2) is 29.4 Å². The first-order valence-corrected chi connectivity index (χ1v) is 9.99. The van der Waals surface area contributed by atoms with Gasteiger partial charge >= 0.3 is 5.97 Å². The Balaban J connectivity index is 1.89. The summed E-state index contributed by atoms with van der Waals surface area (Å²) in [4.78, 5) is 45.2. The number of nitrogens with zero attached hydrogens (tertiary/aromatic N) is 2. The third-order valence-electron chi connectivity index (χ3n) is 4.45. The molecule has 1 aromatic carbocycles. The number of oxime groups is 1. The quantitative estimate of drug-likeness (QED) is 0.229. The molecule has 1 aromatic rings. The number of carbonyl (C=O) groups excluding carboxylic acids is 3. The number of amides is 2. The molecule has 158 valence electrons. The summed E-state index contributed by atoms with van der Waals surface area (Å²) in [6, 6.07) is 6.72. The minimum atomic E-state index is -0.948. The lowest BCUT2D eigenvalue weighted by molar-refractivity contribution is -0.192. The van der Waals surface area contributed by atoms with Gasteiger partial charge in [-0.15, -0.1) is 5.06 Å². The van der Waals surface area contributed by atoms with E-state index < -0.39 is 17.8 Å². The van der Waals surface area contributed by atoms with Gasteiger partial charge in [-0.1, -0.05) is 44.2 Å². The fraction of sp³-hybridized carbons (Fsp3) is 0.524. The van der Waals surface area contributed by atoms with E-state index in [4.69, 9.17) is 14.4 Å². The van der Waals surface area contributed by atoms with Crippen molar-refractivity contribution in [3.05, 3.63) is 29.8 Å². The lowest BCUT2D eigenvalue weighted by atomic mass is 10.1. The Morgan fingerprint density at radius 3 is 2.24 bits per heavy atom. The smallest absolute Gasteiger partial charge is 0.386 e. The minimum Gasteiger partial charge on any atom is -0.494 e. The molecule has 1 heterocycles. The second-order valence-electron chi connectivity index (χ2n) is 6.72. The molecule has 8 nitrogen and oxygen atoms in total. The Morgan fingerprint density at radius 1 is 1.00 bits per heavy atom. The molecule has 1 aliphatic heterocycles. The predicted molar refractivity (Wildman–Crippen MR) is 106 cm³/mol. The Hall–Kier alpha value is -2.90. The van der Waals surface area contributed by atoms with Gasteiger partial charge in [0, 0.05) is 18.4 Å². The van der Waals surface area contributed by atoms with Gasteiger partial charge in [0.25, 0.3) is 11.8 Å². The summed E-state index contributed by atoms with van der Waals surface area (Å²) in [5.74, 6) is -1.38. The fourth-order valence-corrected chi connectivity index (χ4v) is 2.86. The number of benzene rings is 1. The lowest BCUT2D eigenvalue weighted by Crippen LogP contribution is -2.35. The monoisotopic (exact) mass is 404 g/mol. The third kappa shape index (κ3) is 6.89. The van der Waals surface area contributed by atoms with Crippen LogP contribution in [0.25, 0.3) is 0 Å². The highest BCUT2D eigenvalue weighted by atomic mass is 16.7. The van der Waals surface area contributed by atoms with Gasteiger partial charge < -0.3 is 14.4 Å². The van der Waals surface area contributed by atoms with Crippen LogP contribution in [0.4, 0.5) is 0 Å². The number of hydrogen-bond donors (Lipinski definition) is 0. The van der Waals surface area contributed by atoms with Crippen molar-refractivity contribution in [1.29, 1.82) is 0 Å². The summed E-state index contributed by atoms with van der Waals surface area (Å²) in [6.07, 6.45) is 7.16. The molecule has 0 atom stereocenters. The average Bonchev–Trinajstić information content (AvgIpc) is 3.04. The Bertz CT molecular complexity index is 713. The van der Waals surface area contributed by atoms with Crippen LogP contribution in [0.2, 0.25) is 0 Å². The van der Waals surface area contributed by atoms with Gasteiger partial charge in [-0.25, -0.2) is 4.79 Å². The van der Waals surface area contributed by atoms with Crippen molar-refractivity contribution in [3.8, 4) is 5.75 Å². The second-order valence-corrected chi connectivity index (χ2v) is 6.72. The molecule has 29 heavy (non-hydrogen) atoms. The van der Waals surface area contributed by atoms with Crippen LogP contribution in [-0.2, 0) is 24.1 Å². The molecular formula is C21H28N2O6. The molecule has 8 heteroatoms. The molecule has 0 bridgehead atoms. The van der Waals surface area contributed by atoms with Crippen LogP contribution in [0.1, 0.15) is 63.9 Å². The van der Waals surface area contributed by atoms with Crippen molar-refractivity contribution in [2.24, 2.45) is 5.16 Å². The van der Waals surface area contributed by atoms with Crippen LogP contribution in [0, 0.1) is 0 Å². The zero-order valence-electron chi connectivity index (χ0n) is 17.0. The Morgan fingerprint density at radius 2 is 1.62 bits per heavy atom. The van der Waals surface area contributed by atoms with Crippen molar-refractivity contribution < 1.29 is 28.8 Å². The van der Waals surface area contributed by atoms with Crippen molar-refractivity contribution in [2.45, 2.75) is 58.3 Å². The molecule has 0 aliphatic carbocycles. The second kappa shape index (κ2) is 11.8. The first-order valence-electron chi connectivity index (χ1n) is 9.99. The van der Waals surface area contributed by atoms with Gasteiger partial charge in [0.1, 0.15) is 12.9 Å². The molecular weight excluding hydrogens is 376 g/mol. The number of hydroxylamine groups is 2. The Labute approximate surface area is 170 Å². The van der Waals surface area contributed by atoms with E-state index in [9.17, 15) is 14.4 Å². The van der Waals surface area contributed by atoms with E-state index in [1.54, 1.807) is 24.3 Å². The summed E-state index contributed by atoms with van der Waals surface area (Å²) >= 11 is 0. The normalized spacial score (nSPS) is 14.3. The van der Waals surface area contributed by atoms with Crippen LogP contribution >= 0.6 is 0 Å². The number of hydrogen-bond acceptors (Lipinski definition) is 7. The Kier molecular flexibility index (Phi) is 9.14. The van der Waals surface area contributed by atoms with E-state index in [2.05, 4.69) is 12.1 Å². The maximum Gasteiger partial charge on any atom is 0.386 e. The highest BCUT2D eigenvalue weighted by Gasteiger charge is 2.34. The first kappa shape index (κ1) is 22.4. The van der Waals surface area contributed by atoms with Crippen LogP contribution in [0.5, 0.6) is 5.75 Å². The number of rotatable bonds is 12. The third-order valence-corrected chi connectivity index (χ3v) is 4.45. The average molecular weight is 404 g/mol. The summed E-state index contributed by atoms with van der Waals surface area (Å²) in [7, 11) is 1.29. The van der Waals surface area contributed by atoms with E-state index >= 15 is 0 Å². The predicted octanol–water partition coefficient (Wildman–Crippen LogP) is 3.38.